The van der Waals surface area contributed by atoms with Crippen LogP contribution in [-0.4, -0.2) is 0 Å². The molecule has 0 aromatic heterocycles. The van der Waals surface area contributed by atoms with Crippen LogP contribution in [0.5, 0.6) is 0 Å². The van der Waals surface area contributed by atoms with Gasteiger partial charge in [0.2, 0.25) is 0 Å². The molecule has 1 spiro atoms. The van der Waals surface area contributed by atoms with Crippen molar-refractivity contribution in [2.75, 3.05) is 9.80 Å². The molecule has 0 heterocycles. The molecule has 0 atom stereocenters. The molecule has 0 aliphatic heterocycles. The SMILES string of the molecule is Cc1cccc(N(c2ccccc2)c2ccc3c4c(ccc3c2)-c2ccc3cc(N(c5ccccc5)c5cccc(C)c5)ccc3c2C42c3ccccc3-c3c2ccc2ccccc32)c1. The zero-order valence-corrected chi connectivity index (χ0v) is 36.3. The molecule has 0 saturated carbocycles. The third-order valence-corrected chi connectivity index (χ3v) is 14.0. The maximum absolute atomic E-state index is 2.45. The van der Waals surface area contributed by atoms with Crippen LogP contribution >= 0.6 is 0 Å². The van der Waals surface area contributed by atoms with Crippen LogP contribution in [0.3, 0.4) is 0 Å². The molecule has 0 radical (unpaired) electrons. The molecule has 0 amide bonds. The third-order valence-electron chi connectivity index (χ3n) is 14.0. The lowest BCUT2D eigenvalue weighted by Gasteiger charge is -2.33. The summed E-state index contributed by atoms with van der Waals surface area (Å²) in [4.78, 5) is 4.77. The summed E-state index contributed by atoms with van der Waals surface area (Å²) in [5, 5.41) is 7.54. The van der Waals surface area contributed by atoms with Crippen molar-refractivity contribution in [1.29, 1.82) is 0 Å². The van der Waals surface area contributed by atoms with Crippen LogP contribution in [0.15, 0.2) is 231 Å². The molecular weight excluding hydrogens is 785 g/mol. The summed E-state index contributed by atoms with van der Waals surface area (Å²) in [5.74, 6) is 0. The number of hydrogen-bond donors (Lipinski definition) is 0. The van der Waals surface area contributed by atoms with Gasteiger partial charge in [-0.1, -0.05) is 158 Å². The van der Waals surface area contributed by atoms with E-state index in [-0.39, 0.29) is 0 Å². The highest BCUT2D eigenvalue weighted by atomic mass is 15.1. The number of nitrogens with zero attached hydrogens (tertiary/aromatic N) is 2. The Balaban J connectivity index is 1.10. The maximum atomic E-state index is 2.45. The summed E-state index contributed by atoms with van der Waals surface area (Å²) in [6.07, 6.45) is 0. The second-order valence-corrected chi connectivity index (χ2v) is 17.8. The Labute approximate surface area is 379 Å². The van der Waals surface area contributed by atoms with E-state index in [0.717, 1.165) is 34.1 Å². The first kappa shape index (κ1) is 37.4. The lowest BCUT2D eigenvalue weighted by atomic mass is 9.68. The first-order valence-corrected chi connectivity index (χ1v) is 22.7. The number of benzene rings is 11. The quantitative estimate of drug-likeness (QED) is 0.165. The van der Waals surface area contributed by atoms with Crippen molar-refractivity contribution in [3.05, 3.63) is 264 Å². The van der Waals surface area contributed by atoms with E-state index in [9.17, 15) is 0 Å². The average molecular weight is 829 g/mol. The summed E-state index contributed by atoms with van der Waals surface area (Å²) >= 11 is 0. The van der Waals surface area contributed by atoms with Gasteiger partial charge in [0.05, 0.1) is 5.41 Å². The second-order valence-electron chi connectivity index (χ2n) is 17.8. The lowest BCUT2D eigenvalue weighted by Crippen LogP contribution is -2.26. The van der Waals surface area contributed by atoms with Crippen molar-refractivity contribution in [1.82, 2.24) is 0 Å². The Morgan fingerprint density at radius 3 is 1.34 bits per heavy atom. The maximum Gasteiger partial charge on any atom is 0.0737 e. The molecule has 2 nitrogen and oxygen atoms in total. The van der Waals surface area contributed by atoms with Gasteiger partial charge in [0.15, 0.2) is 0 Å². The molecule has 13 rings (SSSR count). The molecule has 0 saturated heterocycles. The van der Waals surface area contributed by atoms with Crippen LogP contribution in [0.1, 0.15) is 33.4 Å². The van der Waals surface area contributed by atoms with Crippen molar-refractivity contribution in [2.45, 2.75) is 19.3 Å². The van der Waals surface area contributed by atoms with E-state index in [1.54, 1.807) is 0 Å². The number of fused-ring (bicyclic) bond motifs is 16. The van der Waals surface area contributed by atoms with E-state index in [1.165, 1.54) is 88.0 Å². The van der Waals surface area contributed by atoms with Gasteiger partial charge in [0, 0.05) is 34.1 Å². The fourth-order valence-electron chi connectivity index (χ4n) is 11.5. The number of anilines is 6. The Morgan fingerprint density at radius 2 is 0.769 bits per heavy atom. The zero-order valence-electron chi connectivity index (χ0n) is 36.3. The fourth-order valence-corrected chi connectivity index (χ4v) is 11.5. The van der Waals surface area contributed by atoms with Crippen molar-refractivity contribution in [2.24, 2.45) is 0 Å². The van der Waals surface area contributed by atoms with Crippen LogP contribution in [-0.2, 0) is 5.41 Å². The predicted octanol–water partition coefficient (Wildman–Crippen LogP) is 17.0. The van der Waals surface area contributed by atoms with Gasteiger partial charge in [-0.3, -0.25) is 0 Å². The number of rotatable bonds is 6. The molecule has 11 aromatic rings. The minimum absolute atomic E-state index is 0.575. The van der Waals surface area contributed by atoms with Gasteiger partial charge in [-0.2, -0.15) is 0 Å². The van der Waals surface area contributed by atoms with E-state index >= 15 is 0 Å². The molecule has 0 bridgehead atoms. The molecular formula is C63H44N2. The molecule has 11 aromatic carbocycles. The van der Waals surface area contributed by atoms with Crippen LogP contribution in [0.2, 0.25) is 0 Å². The Morgan fingerprint density at radius 1 is 0.292 bits per heavy atom. The molecule has 306 valence electrons. The van der Waals surface area contributed by atoms with E-state index in [4.69, 9.17) is 0 Å². The standard InChI is InChI=1S/C63H44N2/c1-41-15-13-22-48(37-41)64(46-18-5-3-6-19-46)50-30-34-53-44(39-50)27-32-55-56-33-28-45-40-51(65(47-20-7-4-8-21-47)49-23-14-16-42(2)38-49)31-35-54(45)62(56)63(61(53)55)58-26-12-11-25-57(58)60-52-24-10-9-17-43(52)29-36-59(60)63/h3-40H,1-2H3. The predicted molar refractivity (Wildman–Crippen MR) is 274 cm³/mol. The monoisotopic (exact) mass is 828 g/mol. The summed E-state index contributed by atoms with van der Waals surface area (Å²) in [5.41, 5.74) is 19.4. The zero-order chi connectivity index (χ0) is 43.2. The third kappa shape index (κ3) is 5.54. The van der Waals surface area contributed by atoms with Gasteiger partial charge in [-0.25, -0.2) is 0 Å². The minimum Gasteiger partial charge on any atom is -0.310 e. The molecule has 2 aliphatic carbocycles. The second kappa shape index (κ2) is 14.4. The largest absolute Gasteiger partial charge is 0.310 e. The summed E-state index contributed by atoms with van der Waals surface area (Å²) < 4.78 is 0. The van der Waals surface area contributed by atoms with Crippen molar-refractivity contribution < 1.29 is 0 Å². The molecule has 0 fully saturated rings. The van der Waals surface area contributed by atoms with E-state index in [1.807, 2.05) is 0 Å². The van der Waals surface area contributed by atoms with Gasteiger partial charge in [-0.05, 0) is 175 Å². The van der Waals surface area contributed by atoms with Crippen LogP contribution in [0.25, 0.3) is 54.6 Å². The molecule has 65 heavy (non-hydrogen) atoms. The lowest BCUT2D eigenvalue weighted by molar-refractivity contribution is 0.810. The Hall–Kier alpha value is -8.20. The Bertz CT molecular complexity index is 3520. The highest BCUT2D eigenvalue weighted by Crippen LogP contribution is 2.66. The van der Waals surface area contributed by atoms with E-state index in [2.05, 4.69) is 254 Å². The normalized spacial score (nSPS) is 12.9. The number of aryl methyl sites for hydroxylation is 2. The molecule has 0 unspecified atom stereocenters. The minimum atomic E-state index is -0.575. The van der Waals surface area contributed by atoms with E-state index in [0.29, 0.717) is 0 Å². The fraction of sp³-hybridized carbons (Fsp3) is 0.0476. The van der Waals surface area contributed by atoms with Crippen molar-refractivity contribution in [3.63, 3.8) is 0 Å². The smallest absolute Gasteiger partial charge is 0.0737 e. The van der Waals surface area contributed by atoms with Gasteiger partial charge >= 0.3 is 0 Å². The van der Waals surface area contributed by atoms with Crippen LogP contribution in [0, 0.1) is 13.8 Å². The Kier molecular flexibility index (Phi) is 8.29. The highest BCUT2D eigenvalue weighted by Gasteiger charge is 2.53. The van der Waals surface area contributed by atoms with Crippen LogP contribution in [0.4, 0.5) is 34.1 Å². The molecule has 2 heteroatoms. The number of hydrogen-bond acceptors (Lipinski definition) is 2. The summed E-state index contributed by atoms with van der Waals surface area (Å²) in [6, 6.07) is 85.9. The van der Waals surface area contributed by atoms with Gasteiger partial charge in [0.1, 0.15) is 0 Å². The molecule has 2 aliphatic rings. The van der Waals surface area contributed by atoms with Gasteiger partial charge in [0.25, 0.3) is 0 Å². The highest BCUT2D eigenvalue weighted by molar-refractivity contribution is 6.13. The summed E-state index contributed by atoms with van der Waals surface area (Å²) in [6.45, 7) is 4.34. The van der Waals surface area contributed by atoms with Crippen molar-refractivity contribution in [3.8, 4) is 22.3 Å². The van der Waals surface area contributed by atoms with Crippen molar-refractivity contribution >= 4 is 66.4 Å². The summed E-state index contributed by atoms with van der Waals surface area (Å²) in [7, 11) is 0. The topological polar surface area (TPSA) is 6.48 Å². The van der Waals surface area contributed by atoms with Gasteiger partial charge < -0.3 is 9.80 Å². The molecule has 0 N–H and O–H groups in total. The van der Waals surface area contributed by atoms with Gasteiger partial charge in [-0.15, -0.1) is 0 Å². The first-order chi connectivity index (χ1) is 32.1. The average Bonchev–Trinajstić information content (AvgIpc) is 3.82. The number of para-hydroxylation sites is 2. The van der Waals surface area contributed by atoms with Crippen LogP contribution < -0.4 is 9.80 Å². The van der Waals surface area contributed by atoms with E-state index < -0.39 is 5.41 Å². The first-order valence-electron chi connectivity index (χ1n) is 22.7.